The molecule has 0 fully saturated rings. The lowest BCUT2D eigenvalue weighted by molar-refractivity contribution is -0.137. The molecule has 0 spiro atoms. The van der Waals surface area contributed by atoms with Crippen molar-refractivity contribution in [1.82, 2.24) is 4.90 Å². The number of carbonyl (C=O) groups is 2. The molecular weight excluding hydrogens is 402 g/mol. The minimum atomic E-state index is -0.982. The van der Waals surface area contributed by atoms with Crippen LogP contribution >= 0.6 is 0 Å². The van der Waals surface area contributed by atoms with E-state index in [1.807, 2.05) is 0 Å². The van der Waals surface area contributed by atoms with Crippen molar-refractivity contribution in [2.24, 2.45) is 17.8 Å². The Morgan fingerprint density at radius 2 is 1.66 bits per heavy atom. The number of esters is 1. The maximum atomic E-state index is 12.4. The number of hydrogen-bond donors (Lipinski definition) is 1. The van der Waals surface area contributed by atoms with Crippen LogP contribution in [0.1, 0.15) is 76.7 Å². The van der Waals surface area contributed by atoms with Gasteiger partial charge in [-0.2, -0.15) is 0 Å². The van der Waals surface area contributed by atoms with Crippen LogP contribution in [-0.4, -0.2) is 40.6 Å². The van der Waals surface area contributed by atoms with Gasteiger partial charge in [-0.05, 0) is 82.2 Å². The predicted molar refractivity (Wildman–Crippen MR) is 129 cm³/mol. The highest BCUT2D eigenvalue weighted by Gasteiger charge is 2.31. The molecule has 0 radical (unpaired) electrons. The first-order valence-electron chi connectivity index (χ1n) is 11.7. The van der Waals surface area contributed by atoms with E-state index in [1.54, 1.807) is 26.0 Å². The average Bonchev–Trinajstić information content (AvgIpc) is 2.71. The van der Waals surface area contributed by atoms with Gasteiger partial charge in [0.1, 0.15) is 5.75 Å². The summed E-state index contributed by atoms with van der Waals surface area (Å²) < 4.78 is 5.76. The summed E-state index contributed by atoms with van der Waals surface area (Å²) in [6, 6.07) is 5.66. The summed E-state index contributed by atoms with van der Waals surface area (Å²) >= 11 is 0. The summed E-state index contributed by atoms with van der Waals surface area (Å²) in [5.41, 5.74) is 1.00. The standard InChI is InChI=1S/C27H39NO4/c1-17(2)27(31)32-25-13-12-21(26(29)30)16-24(25)23(22-11-9-8-10-20(22)7)14-15-28(18(3)4)19(5)6/h8-13,16-20,22-23H,14-15H2,1-7H3,(H,29,30). The third kappa shape index (κ3) is 6.55. The van der Waals surface area contributed by atoms with Crippen LogP contribution in [0.3, 0.4) is 0 Å². The topological polar surface area (TPSA) is 66.8 Å². The summed E-state index contributed by atoms with van der Waals surface area (Å²) in [6.45, 7) is 15.4. The van der Waals surface area contributed by atoms with Crippen LogP contribution in [0.25, 0.3) is 0 Å². The summed E-state index contributed by atoms with van der Waals surface area (Å²) in [6.07, 6.45) is 9.33. The highest BCUT2D eigenvalue weighted by molar-refractivity contribution is 5.88. The van der Waals surface area contributed by atoms with Crippen molar-refractivity contribution in [3.8, 4) is 5.75 Å². The summed E-state index contributed by atoms with van der Waals surface area (Å²) in [5.74, 6) is -0.610. The Morgan fingerprint density at radius 3 is 2.19 bits per heavy atom. The van der Waals surface area contributed by atoms with E-state index in [4.69, 9.17) is 4.74 Å². The van der Waals surface area contributed by atoms with Crippen molar-refractivity contribution in [3.05, 3.63) is 53.6 Å². The van der Waals surface area contributed by atoms with Crippen molar-refractivity contribution >= 4 is 11.9 Å². The third-order valence-electron chi connectivity index (χ3n) is 6.29. The second-order valence-electron chi connectivity index (χ2n) is 9.66. The second-order valence-corrected chi connectivity index (χ2v) is 9.66. The lowest BCUT2D eigenvalue weighted by Gasteiger charge is -2.36. The summed E-state index contributed by atoms with van der Waals surface area (Å²) in [4.78, 5) is 26.6. The molecule has 0 amide bonds. The van der Waals surface area contributed by atoms with Gasteiger partial charge < -0.3 is 9.84 Å². The van der Waals surface area contributed by atoms with Gasteiger partial charge in [0, 0.05) is 12.1 Å². The summed E-state index contributed by atoms with van der Waals surface area (Å²) in [7, 11) is 0. The van der Waals surface area contributed by atoms with Gasteiger partial charge in [0.2, 0.25) is 0 Å². The lowest BCUT2D eigenvalue weighted by atomic mass is 9.74. The number of carbonyl (C=O) groups excluding carboxylic acids is 1. The Labute approximate surface area is 193 Å². The second kappa shape index (κ2) is 11.5. The number of allylic oxidation sites excluding steroid dienone is 4. The Kier molecular flexibility index (Phi) is 9.26. The molecule has 5 nitrogen and oxygen atoms in total. The normalized spacial score (nSPS) is 19.2. The third-order valence-corrected chi connectivity index (χ3v) is 6.29. The van der Waals surface area contributed by atoms with Crippen LogP contribution < -0.4 is 4.74 Å². The molecule has 32 heavy (non-hydrogen) atoms. The van der Waals surface area contributed by atoms with Crippen molar-refractivity contribution < 1.29 is 19.4 Å². The van der Waals surface area contributed by atoms with Crippen LogP contribution in [0.2, 0.25) is 0 Å². The predicted octanol–water partition coefficient (Wildman–Crippen LogP) is 5.92. The molecule has 3 unspecified atom stereocenters. The maximum Gasteiger partial charge on any atom is 0.335 e. The monoisotopic (exact) mass is 441 g/mol. The van der Waals surface area contributed by atoms with Crippen molar-refractivity contribution in [2.45, 2.75) is 72.9 Å². The zero-order valence-electron chi connectivity index (χ0n) is 20.5. The largest absolute Gasteiger partial charge is 0.478 e. The van der Waals surface area contributed by atoms with Gasteiger partial charge in [0.05, 0.1) is 11.5 Å². The number of hydrogen-bond acceptors (Lipinski definition) is 4. The number of carboxylic acids is 1. The lowest BCUT2D eigenvalue weighted by Crippen LogP contribution is -2.39. The van der Waals surface area contributed by atoms with E-state index in [0.29, 0.717) is 23.8 Å². The zero-order valence-corrected chi connectivity index (χ0v) is 20.5. The molecule has 0 saturated heterocycles. The van der Waals surface area contributed by atoms with Crippen LogP contribution in [0, 0.1) is 17.8 Å². The molecule has 1 N–H and O–H groups in total. The molecule has 0 bridgehead atoms. The van der Waals surface area contributed by atoms with Crippen LogP contribution in [0.4, 0.5) is 0 Å². The highest BCUT2D eigenvalue weighted by atomic mass is 16.5. The first-order chi connectivity index (χ1) is 15.0. The fraction of sp³-hybridized carbons (Fsp3) is 0.556. The smallest absolute Gasteiger partial charge is 0.335 e. The van der Waals surface area contributed by atoms with Gasteiger partial charge >= 0.3 is 11.9 Å². The van der Waals surface area contributed by atoms with Crippen LogP contribution in [-0.2, 0) is 4.79 Å². The summed E-state index contributed by atoms with van der Waals surface area (Å²) in [5, 5.41) is 9.64. The van der Waals surface area contributed by atoms with E-state index in [-0.39, 0.29) is 29.3 Å². The van der Waals surface area contributed by atoms with Crippen LogP contribution in [0.15, 0.2) is 42.5 Å². The molecule has 0 aliphatic heterocycles. The van der Waals surface area contributed by atoms with E-state index >= 15 is 0 Å². The number of aromatic carboxylic acids is 1. The molecule has 0 heterocycles. The Hall–Kier alpha value is -2.40. The SMILES string of the molecule is CC(C)C(=O)Oc1ccc(C(=O)O)cc1C(CCN(C(C)C)C(C)C)C1C=CC=CC1C. The number of ether oxygens (including phenoxy) is 1. The van der Waals surface area contributed by atoms with Gasteiger partial charge in [0.25, 0.3) is 0 Å². The van der Waals surface area contributed by atoms with Gasteiger partial charge in [-0.1, -0.05) is 45.1 Å². The molecule has 176 valence electrons. The molecule has 1 aliphatic rings. The zero-order chi connectivity index (χ0) is 24.0. The fourth-order valence-electron chi connectivity index (χ4n) is 4.48. The van der Waals surface area contributed by atoms with Crippen molar-refractivity contribution in [1.29, 1.82) is 0 Å². The van der Waals surface area contributed by atoms with Gasteiger partial charge in [-0.25, -0.2) is 4.79 Å². The number of nitrogens with zero attached hydrogens (tertiary/aromatic N) is 1. The van der Waals surface area contributed by atoms with E-state index in [1.165, 1.54) is 6.07 Å². The van der Waals surface area contributed by atoms with Gasteiger partial charge in [-0.15, -0.1) is 0 Å². The molecule has 0 saturated carbocycles. The molecule has 0 aromatic heterocycles. The minimum Gasteiger partial charge on any atom is -0.478 e. The number of carboxylic acid groups (broad SMARTS) is 1. The molecule has 1 aliphatic carbocycles. The molecule has 3 atom stereocenters. The Morgan fingerprint density at radius 1 is 1.03 bits per heavy atom. The number of rotatable bonds is 10. The molecule has 2 rings (SSSR count). The van der Waals surface area contributed by atoms with E-state index < -0.39 is 5.97 Å². The molecular formula is C27H39NO4. The molecule has 5 heteroatoms. The average molecular weight is 442 g/mol. The Bertz CT molecular complexity index is 845. The van der Waals surface area contributed by atoms with Crippen molar-refractivity contribution in [3.63, 3.8) is 0 Å². The quantitative estimate of drug-likeness (QED) is 0.361. The van der Waals surface area contributed by atoms with E-state index in [2.05, 4.69) is 63.8 Å². The molecule has 1 aromatic rings. The first-order valence-corrected chi connectivity index (χ1v) is 11.7. The number of benzene rings is 1. The first kappa shape index (κ1) is 25.9. The van der Waals surface area contributed by atoms with Gasteiger partial charge in [0.15, 0.2) is 0 Å². The highest BCUT2D eigenvalue weighted by Crippen LogP contribution is 2.41. The van der Waals surface area contributed by atoms with Crippen LogP contribution in [0.5, 0.6) is 5.75 Å². The maximum absolute atomic E-state index is 12.4. The van der Waals surface area contributed by atoms with Crippen molar-refractivity contribution in [2.75, 3.05) is 6.54 Å². The molecule has 1 aromatic carbocycles. The van der Waals surface area contributed by atoms with E-state index in [0.717, 1.165) is 18.5 Å². The Balaban J connectivity index is 2.53. The van der Waals surface area contributed by atoms with E-state index in [9.17, 15) is 14.7 Å². The minimum absolute atomic E-state index is 0.0143. The fourth-order valence-corrected chi connectivity index (χ4v) is 4.48. The van der Waals surface area contributed by atoms with Gasteiger partial charge in [-0.3, -0.25) is 9.69 Å².